The molecule has 5 nitrogen and oxygen atoms in total. The average molecular weight is 443 g/mol. The molecule has 30 heavy (non-hydrogen) atoms. The summed E-state index contributed by atoms with van der Waals surface area (Å²) >= 11 is 13.3. The zero-order valence-electron chi connectivity index (χ0n) is 16.9. The smallest absolute Gasteiger partial charge is 0.246 e. The van der Waals surface area contributed by atoms with Crippen molar-refractivity contribution in [3.8, 4) is 0 Å². The quantitative estimate of drug-likeness (QED) is 0.529. The van der Waals surface area contributed by atoms with E-state index >= 15 is 0 Å². The number of alkyl halides is 1. The zero-order chi connectivity index (χ0) is 21.3. The highest BCUT2D eigenvalue weighted by Crippen LogP contribution is 2.42. The molecule has 1 aromatic heterocycles. The lowest BCUT2D eigenvalue weighted by atomic mass is 9.87. The first-order valence-electron chi connectivity index (χ1n) is 10.0. The predicted molar refractivity (Wildman–Crippen MR) is 122 cm³/mol. The summed E-state index contributed by atoms with van der Waals surface area (Å²) in [5, 5.41) is 9.80. The van der Waals surface area contributed by atoms with Gasteiger partial charge in [-0.05, 0) is 36.6 Å². The van der Waals surface area contributed by atoms with E-state index in [0.717, 1.165) is 22.6 Å². The first kappa shape index (κ1) is 20.9. The van der Waals surface area contributed by atoms with Gasteiger partial charge in [0.2, 0.25) is 5.91 Å². The number of hydrogen-bond donors (Lipinski definition) is 0. The first-order valence-corrected chi connectivity index (χ1v) is 10.8. The number of rotatable bonds is 4. The number of hydrogen-bond acceptors (Lipinski definition) is 4. The lowest BCUT2D eigenvalue weighted by molar-refractivity contribution is -0.126. The topological polar surface area (TPSA) is 49.3 Å². The average Bonchev–Trinajstić information content (AvgIpc) is 2.75. The number of halogens is 2. The van der Waals surface area contributed by atoms with Crippen LogP contribution in [0.2, 0.25) is 0 Å². The molecule has 156 valence electrons. The van der Waals surface area contributed by atoms with Gasteiger partial charge in [-0.15, -0.1) is 16.7 Å². The van der Waals surface area contributed by atoms with Crippen LogP contribution in [-0.2, 0) is 17.6 Å². The molecule has 1 amide bonds. The van der Waals surface area contributed by atoms with Crippen LogP contribution in [0.5, 0.6) is 0 Å². The molecule has 1 atom stereocenters. The van der Waals surface area contributed by atoms with E-state index < -0.39 is 4.87 Å². The van der Waals surface area contributed by atoms with E-state index in [1.165, 1.54) is 11.6 Å². The molecule has 4 rings (SSSR count). The Kier molecular flexibility index (Phi) is 5.85. The summed E-state index contributed by atoms with van der Waals surface area (Å²) in [5.74, 6) is 0.764. The fraction of sp³-hybridized carbons (Fsp3) is 0.348. The van der Waals surface area contributed by atoms with E-state index in [0.29, 0.717) is 44.1 Å². The summed E-state index contributed by atoms with van der Waals surface area (Å²) in [6, 6.07) is 10.2. The molecule has 2 aromatic rings. The number of aromatic nitrogens is 2. The fourth-order valence-corrected chi connectivity index (χ4v) is 4.35. The lowest BCUT2D eigenvalue weighted by Crippen LogP contribution is -2.49. The van der Waals surface area contributed by atoms with Crippen molar-refractivity contribution in [2.75, 3.05) is 31.1 Å². The second-order valence-corrected chi connectivity index (χ2v) is 9.15. The molecule has 0 N–H and O–H groups in total. The van der Waals surface area contributed by atoms with Crippen molar-refractivity contribution in [3.63, 3.8) is 0 Å². The van der Waals surface area contributed by atoms with Crippen molar-refractivity contribution in [2.24, 2.45) is 0 Å². The number of benzene rings is 1. The van der Waals surface area contributed by atoms with Crippen LogP contribution in [0, 0.1) is 0 Å². The van der Waals surface area contributed by atoms with Gasteiger partial charge in [-0.1, -0.05) is 48.5 Å². The van der Waals surface area contributed by atoms with Gasteiger partial charge in [-0.2, -0.15) is 5.10 Å². The maximum Gasteiger partial charge on any atom is 0.246 e. The van der Waals surface area contributed by atoms with Crippen molar-refractivity contribution in [1.82, 2.24) is 15.1 Å². The Bertz CT molecular complexity index is 996. The van der Waals surface area contributed by atoms with Crippen molar-refractivity contribution in [1.29, 1.82) is 0 Å². The molecule has 1 unspecified atom stereocenters. The number of carbonyl (C=O) groups excluding carboxylic acids is 1. The lowest BCUT2D eigenvalue weighted by Gasteiger charge is -2.37. The summed E-state index contributed by atoms with van der Waals surface area (Å²) < 4.78 is 0. The second kappa shape index (κ2) is 8.40. The van der Waals surface area contributed by atoms with Crippen molar-refractivity contribution >= 4 is 41.0 Å². The number of amides is 1. The zero-order valence-corrected chi connectivity index (χ0v) is 18.5. The Hall–Kier alpha value is -2.37. The van der Waals surface area contributed by atoms with Crippen molar-refractivity contribution in [2.45, 2.75) is 24.6 Å². The van der Waals surface area contributed by atoms with Gasteiger partial charge in [0.15, 0.2) is 5.82 Å². The number of piperazine rings is 1. The predicted octanol–water partition coefficient (Wildman–Crippen LogP) is 4.04. The van der Waals surface area contributed by atoms with Crippen LogP contribution in [0.4, 0.5) is 5.82 Å². The Balaban J connectivity index is 1.69. The Morgan fingerprint density at radius 3 is 2.57 bits per heavy atom. The highest BCUT2D eigenvalue weighted by atomic mass is 35.5. The maximum absolute atomic E-state index is 11.9. The standard InChI is InChI=1S/C23H24Cl2N4O/c1-3-21(30)28-9-11-29(12-10-28)22-17-14-20(24)23(2,25)15-18(17)19(26-27-22)13-16-7-5-4-6-8-16/h3-8,14H,1,9-13,15H2,2H3. The minimum absolute atomic E-state index is 0.0400. The molecule has 1 saturated heterocycles. The van der Waals surface area contributed by atoms with E-state index in [2.05, 4.69) is 33.8 Å². The highest BCUT2D eigenvalue weighted by molar-refractivity contribution is 6.41. The Morgan fingerprint density at radius 1 is 1.20 bits per heavy atom. The third kappa shape index (κ3) is 4.09. The third-order valence-electron chi connectivity index (χ3n) is 5.74. The highest BCUT2D eigenvalue weighted by Gasteiger charge is 2.35. The van der Waals surface area contributed by atoms with Gasteiger partial charge in [0, 0.05) is 43.2 Å². The summed E-state index contributed by atoms with van der Waals surface area (Å²) in [5.41, 5.74) is 4.18. The van der Waals surface area contributed by atoms with Crippen LogP contribution in [0.1, 0.15) is 29.3 Å². The number of nitrogens with zero attached hydrogens (tertiary/aromatic N) is 4. The molecule has 2 aliphatic rings. The SMILES string of the molecule is C=CC(=O)N1CCN(c2nnc(Cc3ccccc3)c3c2C=C(Cl)C(C)(Cl)C3)CC1. The molecule has 7 heteroatoms. The van der Waals surface area contributed by atoms with Crippen molar-refractivity contribution in [3.05, 3.63) is 70.4 Å². The summed E-state index contributed by atoms with van der Waals surface area (Å²) in [6.45, 7) is 8.12. The molecule has 0 spiro atoms. The van der Waals surface area contributed by atoms with Crippen LogP contribution in [0.3, 0.4) is 0 Å². The van der Waals surface area contributed by atoms with Gasteiger partial charge in [-0.3, -0.25) is 4.79 Å². The van der Waals surface area contributed by atoms with Crippen LogP contribution in [0.15, 0.2) is 48.0 Å². The molecule has 0 radical (unpaired) electrons. The van der Waals surface area contributed by atoms with E-state index in [1.807, 2.05) is 31.2 Å². The molecule has 1 aliphatic heterocycles. The Labute approximate surface area is 187 Å². The van der Waals surface area contributed by atoms with Gasteiger partial charge in [-0.25, -0.2) is 0 Å². The molecule has 0 saturated carbocycles. The Morgan fingerprint density at radius 2 is 1.90 bits per heavy atom. The summed E-state index contributed by atoms with van der Waals surface area (Å²) in [7, 11) is 0. The number of anilines is 1. The van der Waals surface area contributed by atoms with E-state index in [4.69, 9.17) is 23.2 Å². The molecule has 0 bridgehead atoms. The van der Waals surface area contributed by atoms with Gasteiger partial charge in [0.1, 0.15) is 0 Å². The fourth-order valence-electron chi connectivity index (χ4n) is 3.99. The number of allylic oxidation sites excluding steroid dienone is 1. The minimum atomic E-state index is -0.657. The van der Waals surface area contributed by atoms with E-state index in [1.54, 1.807) is 4.90 Å². The maximum atomic E-state index is 11.9. The summed E-state index contributed by atoms with van der Waals surface area (Å²) in [6.07, 6.45) is 4.59. The largest absolute Gasteiger partial charge is 0.351 e. The molecular weight excluding hydrogens is 419 g/mol. The normalized spacial score (nSPS) is 21.1. The van der Waals surface area contributed by atoms with Crippen LogP contribution in [-0.4, -0.2) is 52.1 Å². The molecule has 1 aliphatic carbocycles. The molecular formula is C23H24Cl2N4O. The first-order chi connectivity index (χ1) is 14.4. The van der Waals surface area contributed by atoms with Gasteiger partial charge >= 0.3 is 0 Å². The van der Waals surface area contributed by atoms with Gasteiger partial charge in [0.25, 0.3) is 0 Å². The van der Waals surface area contributed by atoms with Gasteiger partial charge in [0.05, 0.1) is 10.6 Å². The van der Waals surface area contributed by atoms with E-state index in [9.17, 15) is 4.79 Å². The van der Waals surface area contributed by atoms with Crippen LogP contribution < -0.4 is 4.90 Å². The number of fused-ring (bicyclic) bond motifs is 1. The van der Waals surface area contributed by atoms with Gasteiger partial charge < -0.3 is 9.80 Å². The van der Waals surface area contributed by atoms with Crippen LogP contribution >= 0.6 is 23.2 Å². The minimum Gasteiger partial charge on any atom is -0.351 e. The van der Waals surface area contributed by atoms with E-state index in [-0.39, 0.29) is 5.91 Å². The third-order valence-corrected chi connectivity index (χ3v) is 6.70. The molecule has 1 fully saturated rings. The van der Waals surface area contributed by atoms with Crippen molar-refractivity contribution < 1.29 is 4.79 Å². The second-order valence-electron chi connectivity index (χ2n) is 7.91. The monoisotopic (exact) mass is 442 g/mol. The summed E-state index contributed by atoms with van der Waals surface area (Å²) in [4.78, 5) is 15.2. The van der Waals surface area contributed by atoms with Crippen LogP contribution in [0.25, 0.3) is 6.08 Å². The molecule has 2 heterocycles. The number of carbonyl (C=O) groups is 1. The molecule has 1 aromatic carbocycles.